The van der Waals surface area contributed by atoms with E-state index in [0.717, 1.165) is 44.3 Å². The van der Waals surface area contributed by atoms with Gasteiger partial charge >= 0.3 is 12.2 Å². The minimum Gasteiger partial charge on any atom is -0.453 e. The maximum Gasteiger partial charge on any atom is 0.410 e. The second kappa shape index (κ2) is 13.7. The summed E-state index contributed by atoms with van der Waals surface area (Å²) in [4.78, 5) is 26.8. The molecule has 3 atom stereocenters. The van der Waals surface area contributed by atoms with Crippen LogP contribution in [0.3, 0.4) is 0 Å². The molecule has 1 aromatic rings. The SMILES string of the molecule is COC(=O)NCCO[C@@H](c1cccc(Cl)c1)[C@@H]1CCCN(C(=O)O[C@]2(CC3CCCCC3)CCNC2)C1. The number of likely N-dealkylation sites (tertiary alicyclic amines) is 1. The second-order valence-electron chi connectivity index (χ2n) is 10.8. The molecular formula is C28H42ClN3O5. The molecule has 2 amide bonds. The number of methoxy groups -OCH3 is 1. The van der Waals surface area contributed by atoms with Crippen LogP contribution in [0.1, 0.15) is 69.5 Å². The lowest BCUT2D eigenvalue weighted by molar-refractivity contribution is -0.0387. The number of hydrogen-bond donors (Lipinski definition) is 2. The van der Waals surface area contributed by atoms with E-state index in [4.69, 9.17) is 21.1 Å². The molecule has 8 nitrogen and oxygen atoms in total. The lowest BCUT2D eigenvalue weighted by Gasteiger charge is -2.39. The number of alkyl carbamates (subject to hydrolysis) is 1. The fourth-order valence-electron chi connectivity index (χ4n) is 6.21. The summed E-state index contributed by atoms with van der Waals surface area (Å²) in [7, 11) is 1.33. The number of nitrogens with zero attached hydrogens (tertiary/aromatic N) is 1. The van der Waals surface area contributed by atoms with Crippen LogP contribution in [0.25, 0.3) is 0 Å². The summed E-state index contributed by atoms with van der Waals surface area (Å²) >= 11 is 6.30. The van der Waals surface area contributed by atoms with E-state index < -0.39 is 11.7 Å². The summed E-state index contributed by atoms with van der Waals surface area (Å²) in [5.74, 6) is 0.739. The first-order chi connectivity index (χ1) is 18.0. The zero-order valence-corrected chi connectivity index (χ0v) is 22.8. The largest absolute Gasteiger partial charge is 0.453 e. The number of piperidine rings is 1. The van der Waals surface area contributed by atoms with Crippen molar-refractivity contribution in [2.45, 2.75) is 69.5 Å². The van der Waals surface area contributed by atoms with Crippen molar-refractivity contribution < 1.29 is 23.8 Å². The number of carbonyl (C=O) groups is 2. The molecule has 3 aliphatic rings. The van der Waals surface area contributed by atoms with Gasteiger partial charge in [-0.3, -0.25) is 0 Å². The Hall–Kier alpha value is -2.03. The summed E-state index contributed by atoms with van der Waals surface area (Å²) in [5, 5.41) is 6.74. The van der Waals surface area contributed by atoms with Crippen LogP contribution in [0.15, 0.2) is 24.3 Å². The zero-order chi connectivity index (χ0) is 26.1. The van der Waals surface area contributed by atoms with Crippen LogP contribution >= 0.6 is 11.6 Å². The molecule has 4 rings (SSSR count). The molecule has 1 aromatic carbocycles. The average molecular weight is 536 g/mol. The summed E-state index contributed by atoms with van der Waals surface area (Å²) in [6.07, 6.45) is 9.10. The Balaban J connectivity index is 1.40. The molecule has 0 radical (unpaired) electrons. The number of hydrogen-bond acceptors (Lipinski definition) is 6. The van der Waals surface area contributed by atoms with Crippen molar-refractivity contribution in [3.63, 3.8) is 0 Å². The Morgan fingerprint density at radius 3 is 2.78 bits per heavy atom. The quantitative estimate of drug-likeness (QED) is 0.417. The monoisotopic (exact) mass is 535 g/mol. The summed E-state index contributed by atoms with van der Waals surface area (Å²) in [5.41, 5.74) is 0.577. The number of rotatable bonds is 9. The molecule has 1 saturated carbocycles. The molecule has 0 bridgehead atoms. The molecule has 0 aromatic heterocycles. The van der Waals surface area contributed by atoms with Gasteiger partial charge in [0.05, 0.1) is 19.8 Å². The average Bonchev–Trinajstić information content (AvgIpc) is 3.36. The molecule has 0 unspecified atom stereocenters. The lowest BCUT2D eigenvalue weighted by Crippen LogP contribution is -2.48. The van der Waals surface area contributed by atoms with E-state index in [2.05, 4.69) is 15.4 Å². The third-order valence-corrected chi connectivity index (χ3v) is 8.30. The first-order valence-corrected chi connectivity index (χ1v) is 14.2. The van der Waals surface area contributed by atoms with Gasteiger partial charge in [0.2, 0.25) is 0 Å². The molecule has 3 fully saturated rings. The lowest BCUT2D eigenvalue weighted by atomic mass is 9.80. The van der Waals surface area contributed by atoms with Gasteiger partial charge in [-0.25, -0.2) is 9.59 Å². The highest BCUT2D eigenvalue weighted by atomic mass is 35.5. The highest BCUT2D eigenvalue weighted by molar-refractivity contribution is 6.30. The number of benzene rings is 1. The molecule has 37 heavy (non-hydrogen) atoms. The van der Waals surface area contributed by atoms with Crippen LogP contribution in [0.5, 0.6) is 0 Å². The van der Waals surface area contributed by atoms with E-state index in [1.807, 2.05) is 29.2 Å². The maximum absolute atomic E-state index is 13.5. The number of amides is 2. The summed E-state index contributed by atoms with van der Waals surface area (Å²) in [6.45, 7) is 3.55. The van der Waals surface area contributed by atoms with Crippen molar-refractivity contribution in [3.8, 4) is 0 Å². The van der Waals surface area contributed by atoms with Crippen molar-refractivity contribution in [2.24, 2.45) is 11.8 Å². The smallest absolute Gasteiger partial charge is 0.410 e. The third-order valence-electron chi connectivity index (χ3n) is 8.07. The van der Waals surface area contributed by atoms with E-state index >= 15 is 0 Å². The van der Waals surface area contributed by atoms with Crippen molar-refractivity contribution in [1.29, 1.82) is 0 Å². The minimum atomic E-state index is -0.488. The van der Waals surface area contributed by atoms with E-state index in [9.17, 15) is 9.59 Å². The van der Waals surface area contributed by atoms with Crippen molar-refractivity contribution in [2.75, 3.05) is 46.4 Å². The molecule has 9 heteroatoms. The molecule has 2 N–H and O–H groups in total. The standard InChI is InChI=1S/C28H42ClN3O5/c1-35-26(33)31-14-16-36-25(22-9-5-11-24(29)17-22)23-10-6-15-32(19-23)27(34)37-28(12-13-30-20-28)18-21-7-3-2-4-8-21/h5,9,11,17,21,23,25,30H,2-4,6-8,10,12-16,18-20H2,1H3,(H,31,33)/t23-,25+,28+/m1/s1. The van der Waals surface area contributed by atoms with Crippen LogP contribution in [0.2, 0.25) is 5.02 Å². The van der Waals surface area contributed by atoms with E-state index in [1.165, 1.54) is 39.2 Å². The van der Waals surface area contributed by atoms with E-state index in [-0.39, 0.29) is 18.1 Å². The van der Waals surface area contributed by atoms with Crippen LogP contribution in [0.4, 0.5) is 9.59 Å². The van der Waals surface area contributed by atoms with Gasteiger partial charge in [0.25, 0.3) is 0 Å². The number of carbonyl (C=O) groups excluding carboxylic acids is 2. The molecular weight excluding hydrogens is 494 g/mol. The molecule has 2 heterocycles. The summed E-state index contributed by atoms with van der Waals surface area (Å²) < 4.78 is 17.3. The molecule has 2 aliphatic heterocycles. The van der Waals surface area contributed by atoms with E-state index in [0.29, 0.717) is 37.2 Å². The molecule has 0 spiro atoms. The Kier molecular flexibility index (Phi) is 10.3. The first-order valence-electron chi connectivity index (χ1n) is 13.9. The zero-order valence-electron chi connectivity index (χ0n) is 22.0. The van der Waals surface area contributed by atoms with Crippen molar-refractivity contribution >= 4 is 23.8 Å². The van der Waals surface area contributed by atoms with Gasteiger partial charge in [-0.1, -0.05) is 55.8 Å². The topological polar surface area (TPSA) is 89.1 Å². The number of ether oxygens (including phenoxy) is 3. The van der Waals surface area contributed by atoms with E-state index in [1.54, 1.807) is 0 Å². The van der Waals surface area contributed by atoms with Gasteiger partial charge in [-0.15, -0.1) is 0 Å². The van der Waals surface area contributed by atoms with Crippen LogP contribution in [-0.2, 0) is 14.2 Å². The van der Waals surface area contributed by atoms with Gasteiger partial charge in [0, 0.05) is 43.5 Å². The highest BCUT2D eigenvalue weighted by Crippen LogP contribution is 2.37. The Morgan fingerprint density at radius 1 is 1.22 bits per heavy atom. The van der Waals surface area contributed by atoms with Gasteiger partial charge in [-0.05, 0) is 49.4 Å². The third kappa shape index (κ3) is 7.98. The fourth-order valence-corrected chi connectivity index (χ4v) is 6.41. The number of nitrogens with one attached hydrogen (secondary N) is 2. The Bertz CT molecular complexity index is 888. The van der Waals surface area contributed by atoms with Gasteiger partial charge < -0.3 is 29.7 Å². The predicted molar refractivity (Wildman–Crippen MR) is 143 cm³/mol. The van der Waals surface area contributed by atoms with Crippen LogP contribution in [-0.4, -0.2) is 69.1 Å². The van der Waals surface area contributed by atoms with Crippen LogP contribution < -0.4 is 10.6 Å². The maximum atomic E-state index is 13.5. The molecule has 2 saturated heterocycles. The van der Waals surface area contributed by atoms with Gasteiger partial charge in [0.1, 0.15) is 5.60 Å². The number of halogens is 1. The second-order valence-corrected chi connectivity index (χ2v) is 11.2. The van der Waals surface area contributed by atoms with Crippen molar-refractivity contribution in [1.82, 2.24) is 15.5 Å². The first kappa shape index (κ1) is 28.0. The van der Waals surface area contributed by atoms with Crippen LogP contribution in [0, 0.1) is 11.8 Å². The van der Waals surface area contributed by atoms with Gasteiger partial charge in [-0.2, -0.15) is 0 Å². The predicted octanol–water partition coefficient (Wildman–Crippen LogP) is 5.30. The Morgan fingerprint density at radius 2 is 2.05 bits per heavy atom. The van der Waals surface area contributed by atoms with Crippen molar-refractivity contribution in [3.05, 3.63) is 34.9 Å². The Labute approximate surface area is 225 Å². The fraction of sp³-hybridized carbons (Fsp3) is 0.714. The molecule has 1 aliphatic carbocycles. The highest BCUT2D eigenvalue weighted by Gasteiger charge is 2.42. The minimum absolute atomic E-state index is 0.0916. The summed E-state index contributed by atoms with van der Waals surface area (Å²) in [6, 6.07) is 7.68. The molecule has 206 valence electrons. The normalized spacial score (nSPS) is 25.5. The van der Waals surface area contributed by atoms with Gasteiger partial charge in [0.15, 0.2) is 0 Å².